The number of ether oxygens (including phenoxy) is 1. The number of nitrogens with one attached hydrogen (secondary N) is 3. The van der Waals surface area contributed by atoms with Crippen LogP contribution < -0.4 is 21.5 Å². The number of rotatable bonds is 7. The van der Waals surface area contributed by atoms with E-state index in [4.69, 9.17) is 4.74 Å². The Bertz CT molecular complexity index is 2030. The van der Waals surface area contributed by atoms with Gasteiger partial charge in [-0.3, -0.25) is 24.3 Å². The molecule has 0 fully saturated rings. The van der Waals surface area contributed by atoms with E-state index in [0.29, 0.717) is 29.5 Å². The van der Waals surface area contributed by atoms with Crippen LogP contribution in [0.25, 0.3) is 20.7 Å². The molecule has 3 N–H and O–H groups in total. The average molecular weight is 659 g/mol. The van der Waals surface area contributed by atoms with Gasteiger partial charge in [0.2, 0.25) is 10.9 Å². The van der Waals surface area contributed by atoms with E-state index in [1.807, 2.05) is 36.4 Å². The van der Waals surface area contributed by atoms with Crippen LogP contribution >= 0.6 is 22.7 Å². The van der Waals surface area contributed by atoms with Gasteiger partial charge in [-0.25, -0.2) is 14.8 Å². The molecule has 236 valence electrons. The SMILES string of the molecule is CC(C)(C)OC(=O)Nc1cc2sc(CNC(=O)C3(C)CCc4ncc(NC(=O)c5nnc(-c6ccccc6)s5)c(=O)n43)cc2cn1. The fourth-order valence-corrected chi connectivity index (χ4v) is 6.80. The Hall–Kier alpha value is -5.02. The molecule has 4 aromatic heterocycles. The summed E-state index contributed by atoms with van der Waals surface area (Å²) in [5.74, 6) is -0.127. The second-order valence-electron chi connectivity index (χ2n) is 11.9. The zero-order valence-electron chi connectivity index (χ0n) is 25.4. The van der Waals surface area contributed by atoms with Gasteiger partial charge in [-0.05, 0) is 46.2 Å². The molecular formula is C31H30N8O5S2. The van der Waals surface area contributed by atoms with Crippen molar-refractivity contribution in [3.05, 3.63) is 80.9 Å². The van der Waals surface area contributed by atoms with Gasteiger partial charge in [0.25, 0.3) is 11.5 Å². The van der Waals surface area contributed by atoms with E-state index in [2.05, 4.69) is 36.1 Å². The highest BCUT2D eigenvalue weighted by atomic mass is 32.1. The number of anilines is 2. The topological polar surface area (TPSA) is 170 Å². The Kier molecular flexibility index (Phi) is 8.12. The molecule has 1 aliphatic rings. The number of hydrogen-bond acceptors (Lipinski definition) is 11. The molecule has 1 aromatic carbocycles. The molecule has 3 amide bonds. The molecule has 0 aliphatic carbocycles. The number of thiophene rings is 1. The number of amides is 3. The molecule has 0 bridgehead atoms. The van der Waals surface area contributed by atoms with Gasteiger partial charge >= 0.3 is 6.09 Å². The van der Waals surface area contributed by atoms with E-state index in [0.717, 1.165) is 31.9 Å². The lowest BCUT2D eigenvalue weighted by atomic mass is 9.98. The quantitative estimate of drug-likeness (QED) is 0.219. The molecule has 0 saturated heterocycles. The van der Waals surface area contributed by atoms with Crippen molar-refractivity contribution in [1.29, 1.82) is 0 Å². The van der Waals surface area contributed by atoms with E-state index >= 15 is 0 Å². The van der Waals surface area contributed by atoms with Crippen molar-refractivity contribution in [3.8, 4) is 10.6 Å². The molecular weight excluding hydrogens is 629 g/mol. The molecule has 5 heterocycles. The number of benzene rings is 1. The minimum absolute atomic E-state index is 0.0565. The highest BCUT2D eigenvalue weighted by molar-refractivity contribution is 7.19. The molecule has 0 radical (unpaired) electrons. The third kappa shape index (κ3) is 6.37. The molecule has 15 heteroatoms. The van der Waals surface area contributed by atoms with Gasteiger partial charge in [0.05, 0.1) is 12.7 Å². The second kappa shape index (κ2) is 12.1. The molecule has 1 aliphatic heterocycles. The number of carbonyl (C=O) groups excluding carboxylic acids is 3. The normalized spacial score (nSPS) is 15.7. The van der Waals surface area contributed by atoms with Crippen molar-refractivity contribution in [2.75, 3.05) is 10.6 Å². The number of nitrogens with zero attached hydrogens (tertiary/aromatic N) is 5. The van der Waals surface area contributed by atoms with Crippen molar-refractivity contribution in [2.45, 2.75) is 58.2 Å². The Labute approximate surface area is 271 Å². The van der Waals surface area contributed by atoms with Gasteiger partial charge in [0, 0.05) is 33.1 Å². The van der Waals surface area contributed by atoms with E-state index < -0.39 is 28.7 Å². The van der Waals surface area contributed by atoms with E-state index in [-0.39, 0.29) is 23.1 Å². The first-order valence-corrected chi connectivity index (χ1v) is 16.0. The third-order valence-electron chi connectivity index (χ3n) is 7.25. The number of hydrogen-bond donors (Lipinski definition) is 3. The summed E-state index contributed by atoms with van der Waals surface area (Å²) in [5, 5.41) is 17.8. The van der Waals surface area contributed by atoms with Crippen molar-refractivity contribution in [2.24, 2.45) is 0 Å². The Morgan fingerprint density at radius 1 is 1.02 bits per heavy atom. The lowest BCUT2D eigenvalue weighted by Gasteiger charge is -2.26. The summed E-state index contributed by atoms with van der Waals surface area (Å²) >= 11 is 2.55. The maximum Gasteiger partial charge on any atom is 0.413 e. The smallest absolute Gasteiger partial charge is 0.413 e. The summed E-state index contributed by atoms with van der Waals surface area (Å²) in [6.07, 6.45) is 3.14. The zero-order chi connectivity index (χ0) is 32.6. The van der Waals surface area contributed by atoms with E-state index in [9.17, 15) is 19.2 Å². The molecule has 5 aromatic rings. The van der Waals surface area contributed by atoms with Crippen molar-refractivity contribution in [3.63, 3.8) is 0 Å². The van der Waals surface area contributed by atoms with Crippen LogP contribution in [-0.2, 0) is 28.0 Å². The first-order valence-electron chi connectivity index (χ1n) is 14.4. The van der Waals surface area contributed by atoms with Gasteiger partial charge in [-0.2, -0.15) is 0 Å². The van der Waals surface area contributed by atoms with Crippen LogP contribution in [0.4, 0.5) is 16.3 Å². The number of pyridine rings is 1. The summed E-state index contributed by atoms with van der Waals surface area (Å²) in [6, 6.07) is 13.0. The Balaban J connectivity index is 1.14. The predicted octanol–water partition coefficient (Wildman–Crippen LogP) is 4.95. The highest BCUT2D eigenvalue weighted by Crippen LogP contribution is 2.31. The summed E-state index contributed by atoms with van der Waals surface area (Å²) in [7, 11) is 0. The Morgan fingerprint density at radius 2 is 1.80 bits per heavy atom. The van der Waals surface area contributed by atoms with Crippen molar-refractivity contribution < 1.29 is 19.1 Å². The third-order valence-corrected chi connectivity index (χ3v) is 9.31. The monoisotopic (exact) mass is 658 g/mol. The van der Waals surface area contributed by atoms with Crippen LogP contribution in [0.2, 0.25) is 0 Å². The molecule has 1 unspecified atom stereocenters. The van der Waals surface area contributed by atoms with Gasteiger partial charge < -0.3 is 15.4 Å². The molecule has 0 saturated carbocycles. The first kappa shape index (κ1) is 31.0. The van der Waals surface area contributed by atoms with Crippen molar-refractivity contribution >= 4 is 62.2 Å². The van der Waals surface area contributed by atoms with Gasteiger partial charge in [0.15, 0.2) is 0 Å². The lowest BCUT2D eigenvalue weighted by Crippen LogP contribution is -2.49. The van der Waals surface area contributed by atoms with Gasteiger partial charge in [-0.15, -0.1) is 21.5 Å². The molecule has 6 rings (SSSR count). The van der Waals surface area contributed by atoms with Crippen LogP contribution in [0.15, 0.2) is 59.7 Å². The Morgan fingerprint density at radius 3 is 2.57 bits per heavy atom. The summed E-state index contributed by atoms with van der Waals surface area (Å²) < 4.78 is 7.52. The summed E-state index contributed by atoms with van der Waals surface area (Å²) in [4.78, 5) is 61.8. The summed E-state index contributed by atoms with van der Waals surface area (Å²) in [5.41, 5.74) is -1.61. The fraction of sp³-hybridized carbons (Fsp3) is 0.290. The van der Waals surface area contributed by atoms with Crippen LogP contribution in [0.1, 0.15) is 54.6 Å². The largest absolute Gasteiger partial charge is 0.444 e. The minimum Gasteiger partial charge on any atom is -0.444 e. The highest BCUT2D eigenvalue weighted by Gasteiger charge is 2.43. The zero-order valence-corrected chi connectivity index (χ0v) is 27.0. The van der Waals surface area contributed by atoms with Crippen LogP contribution in [0.5, 0.6) is 0 Å². The van der Waals surface area contributed by atoms with Crippen molar-refractivity contribution in [1.82, 2.24) is 30.0 Å². The number of fused-ring (bicyclic) bond motifs is 2. The second-order valence-corrected chi connectivity index (χ2v) is 14.0. The van der Waals surface area contributed by atoms with Crippen LogP contribution in [0.3, 0.4) is 0 Å². The number of carbonyl (C=O) groups is 3. The molecule has 0 spiro atoms. The minimum atomic E-state index is -1.22. The molecule has 13 nitrogen and oxygen atoms in total. The fourth-order valence-electron chi connectivity index (χ4n) is 5.04. The van der Waals surface area contributed by atoms with E-state index in [1.54, 1.807) is 40.0 Å². The standard InChI is InChI=1S/C31H30N8O5S2/c1-30(2,3)44-29(43)36-22-13-21-18(14-32-22)12-19(45-21)15-34-28(42)31(4)11-10-23-33-16-20(27(41)39(23)31)35-24(40)26-38-37-25(46-26)17-8-6-5-7-9-17/h5-9,12-14,16H,10-11,15H2,1-4H3,(H,34,42)(H,35,40)(H,32,36,43). The maximum absolute atomic E-state index is 13.6. The molecule has 1 atom stereocenters. The predicted molar refractivity (Wildman–Crippen MR) is 175 cm³/mol. The summed E-state index contributed by atoms with van der Waals surface area (Å²) in [6.45, 7) is 7.24. The van der Waals surface area contributed by atoms with Gasteiger partial charge in [-0.1, -0.05) is 41.7 Å². The first-order chi connectivity index (χ1) is 21.9. The van der Waals surface area contributed by atoms with Crippen LogP contribution in [-0.4, -0.2) is 48.2 Å². The maximum atomic E-state index is 13.6. The molecule has 46 heavy (non-hydrogen) atoms. The number of aryl methyl sites for hydroxylation is 1. The van der Waals surface area contributed by atoms with E-state index in [1.165, 1.54) is 22.1 Å². The lowest BCUT2D eigenvalue weighted by molar-refractivity contribution is -0.129. The number of aromatic nitrogens is 5. The van der Waals surface area contributed by atoms with Crippen LogP contribution in [0, 0.1) is 0 Å². The average Bonchev–Trinajstić information content (AvgIpc) is 3.74. The van der Waals surface area contributed by atoms with Gasteiger partial charge in [0.1, 0.15) is 33.5 Å².